The maximum Gasteiger partial charge on any atom is 0.165 e. The molecule has 3 aromatic rings. The Kier molecular flexibility index (Phi) is 11.8. The van der Waals surface area contributed by atoms with Gasteiger partial charge in [0.1, 0.15) is 11.5 Å². The van der Waals surface area contributed by atoms with Crippen LogP contribution in [-0.4, -0.2) is 30.0 Å². The predicted molar refractivity (Wildman–Crippen MR) is 156 cm³/mol. The van der Waals surface area contributed by atoms with E-state index in [2.05, 4.69) is 68.1 Å². The minimum atomic E-state index is 0. The molecule has 182 valence electrons. The molecule has 0 heterocycles. The fourth-order valence-corrected chi connectivity index (χ4v) is 4.40. The van der Waals surface area contributed by atoms with Gasteiger partial charge in [-0.1, -0.05) is 68.1 Å². The summed E-state index contributed by atoms with van der Waals surface area (Å²) in [5.41, 5.74) is 6.00. The quantitative estimate of drug-likeness (QED) is 0.146. The molecule has 0 saturated heterocycles. The lowest BCUT2D eigenvalue weighted by Gasteiger charge is -2.27. The second-order valence-electron chi connectivity index (χ2n) is 7.82. The van der Waals surface area contributed by atoms with E-state index in [4.69, 9.17) is 14.5 Å². The molecule has 0 saturated carbocycles. The highest BCUT2D eigenvalue weighted by atomic mass is 127. The number of rotatable bonds is 9. The fraction of sp³-hybridized carbons (Fsp3) is 0.321. The minimum Gasteiger partial charge on any atom is -0.497 e. The van der Waals surface area contributed by atoms with Gasteiger partial charge in [-0.05, 0) is 65.6 Å². The fourth-order valence-electron chi connectivity index (χ4n) is 3.68. The van der Waals surface area contributed by atoms with Crippen molar-refractivity contribution in [1.29, 1.82) is 0 Å². The van der Waals surface area contributed by atoms with Crippen LogP contribution >= 0.6 is 35.7 Å². The van der Waals surface area contributed by atoms with E-state index >= 15 is 0 Å². The number of amidine groups is 1. The average molecular weight is 591 g/mol. The lowest BCUT2D eigenvalue weighted by molar-refractivity contribution is 0.405. The van der Waals surface area contributed by atoms with Crippen LogP contribution < -0.4 is 9.47 Å². The molecule has 0 amide bonds. The molecular formula is C28H35IN2O2S. The van der Waals surface area contributed by atoms with Crippen LogP contribution in [0, 0.1) is 6.92 Å². The number of halogens is 1. The van der Waals surface area contributed by atoms with E-state index < -0.39 is 0 Å². The number of hydrogen-bond donors (Lipinski definition) is 0. The first-order valence-corrected chi connectivity index (χ1v) is 12.4. The molecule has 0 spiro atoms. The third kappa shape index (κ3) is 7.67. The zero-order valence-corrected chi connectivity index (χ0v) is 23.9. The van der Waals surface area contributed by atoms with Gasteiger partial charge in [-0.3, -0.25) is 0 Å². The monoisotopic (exact) mass is 590 g/mol. The zero-order chi connectivity index (χ0) is 23.6. The van der Waals surface area contributed by atoms with Crippen molar-refractivity contribution < 1.29 is 9.47 Å². The lowest BCUT2D eigenvalue weighted by Crippen LogP contribution is -2.28. The van der Waals surface area contributed by atoms with Crippen molar-refractivity contribution in [2.45, 2.75) is 40.3 Å². The highest BCUT2D eigenvalue weighted by Crippen LogP contribution is 2.28. The van der Waals surface area contributed by atoms with Crippen LogP contribution in [0.1, 0.15) is 36.1 Å². The molecule has 6 heteroatoms. The van der Waals surface area contributed by atoms with Crippen LogP contribution in [0.5, 0.6) is 11.5 Å². The van der Waals surface area contributed by atoms with E-state index in [-0.39, 0.29) is 24.0 Å². The largest absolute Gasteiger partial charge is 0.497 e. The molecule has 4 nitrogen and oxygen atoms in total. The summed E-state index contributed by atoms with van der Waals surface area (Å²) in [5.74, 6) is 2.68. The van der Waals surface area contributed by atoms with E-state index in [1.54, 1.807) is 26.0 Å². The van der Waals surface area contributed by atoms with E-state index in [9.17, 15) is 0 Å². The van der Waals surface area contributed by atoms with Gasteiger partial charge in [-0.2, -0.15) is 0 Å². The van der Waals surface area contributed by atoms with Gasteiger partial charge in [0.2, 0.25) is 0 Å². The van der Waals surface area contributed by atoms with Gasteiger partial charge in [0.15, 0.2) is 5.17 Å². The van der Waals surface area contributed by atoms with E-state index in [1.165, 1.54) is 22.3 Å². The van der Waals surface area contributed by atoms with Crippen LogP contribution in [0.15, 0.2) is 71.7 Å². The Balaban J connectivity index is 0.00000408. The third-order valence-corrected chi connectivity index (χ3v) is 6.41. The highest BCUT2D eigenvalue weighted by Gasteiger charge is 2.16. The summed E-state index contributed by atoms with van der Waals surface area (Å²) in [5, 5.41) is 1.04. The molecule has 0 atom stereocenters. The molecule has 0 aromatic heterocycles. The summed E-state index contributed by atoms with van der Waals surface area (Å²) in [6, 6.07) is 23.0. The second kappa shape index (κ2) is 14.3. The standard InChI is InChI=1S/C28H34N2O2S.HI/c1-6-24-10-8-9-21(3)27(24)29-28(33-7-2)30(19-22-11-15-25(31-4)16-12-22)20-23-13-17-26(32-5)18-14-23;/h8-18H,6-7,19-20H2,1-5H3;1H. The summed E-state index contributed by atoms with van der Waals surface area (Å²) in [4.78, 5) is 7.60. The number of ether oxygens (including phenoxy) is 2. The van der Waals surface area contributed by atoms with Gasteiger partial charge in [0.25, 0.3) is 0 Å². The Hall–Kier alpha value is -2.19. The Morgan fingerprint density at radius 1 is 0.824 bits per heavy atom. The van der Waals surface area contributed by atoms with Gasteiger partial charge in [-0.15, -0.1) is 24.0 Å². The minimum absolute atomic E-state index is 0. The SMILES string of the molecule is CCSC(=Nc1c(C)cccc1CC)N(Cc1ccc(OC)cc1)Cc1ccc(OC)cc1.I. The number of aryl methyl sites for hydroxylation is 2. The highest BCUT2D eigenvalue weighted by molar-refractivity contribution is 14.0. The number of hydrogen-bond acceptors (Lipinski definition) is 4. The van der Waals surface area contributed by atoms with Crippen LogP contribution in [0.25, 0.3) is 0 Å². The van der Waals surface area contributed by atoms with Gasteiger partial charge < -0.3 is 14.4 Å². The molecular weight excluding hydrogens is 555 g/mol. The number of aliphatic imine (C=N–C) groups is 1. The Bertz CT molecular complexity index is 1000. The second-order valence-corrected chi connectivity index (χ2v) is 9.05. The van der Waals surface area contributed by atoms with Crippen molar-refractivity contribution in [2.75, 3.05) is 20.0 Å². The lowest BCUT2D eigenvalue weighted by atomic mass is 10.1. The number of methoxy groups -OCH3 is 2. The van der Waals surface area contributed by atoms with Gasteiger partial charge in [0, 0.05) is 13.1 Å². The van der Waals surface area contributed by atoms with Crippen molar-refractivity contribution in [3.63, 3.8) is 0 Å². The molecule has 0 aliphatic carbocycles. The number of thioether (sulfide) groups is 1. The summed E-state index contributed by atoms with van der Waals surface area (Å²) in [7, 11) is 3.39. The third-order valence-electron chi connectivity index (χ3n) is 5.52. The zero-order valence-electron chi connectivity index (χ0n) is 20.7. The Morgan fingerprint density at radius 3 is 1.79 bits per heavy atom. The van der Waals surface area contributed by atoms with Crippen LogP contribution in [-0.2, 0) is 19.5 Å². The van der Waals surface area contributed by atoms with E-state index in [1.807, 2.05) is 24.3 Å². The Labute approximate surface area is 225 Å². The van der Waals surface area contributed by atoms with Crippen molar-refractivity contribution in [2.24, 2.45) is 4.99 Å². The molecule has 0 N–H and O–H groups in total. The van der Waals surface area contributed by atoms with Crippen LogP contribution in [0.4, 0.5) is 5.69 Å². The van der Waals surface area contributed by atoms with E-state index in [0.717, 1.165) is 47.6 Å². The molecule has 0 aliphatic heterocycles. The van der Waals surface area contributed by atoms with Gasteiger partial charge >= 0.3 is 0 Å². The first-order chi connectivity index (χ1) is 16.1. The molecule has 0 unspecified atom stereocenters. The molecule has 0 aliphatic rings. The maximum atomic E-state index is 5.34. The van der Waals surface area contributed by atoms with Crippen LogP contribution in [0.3, 0.4) is 0 Å². The van der Waals surface area contributed by atoms with Crippen molar-refractivity contribution in [1.82, 2.24) is 4.90 Å². The summed E-state index contributed by atoms with van der Waals surface area (Å²) in [6.07, 6.45) is 0.960. The normalized spacial score (nSPS) is 11.0. The van der Waals surface area contributed by atoms with Crippen molar-refractivity contribution in [3.8, 4) is 11.5 Å². The van der Waals surface area contributed by atoms with Crippen LogP contribution in [0.2, 0.25) is 0 Å². The Morgan fingerprint density at radius 2 is 1.35 bits per heavy atom. The molecule has 0 fully saturated rings. The molecule has 3 aromatic carbocycles. The maximum absolute atomic E-state index is 5.34. The predicted octanol–water partition coefficient (Wildman–Crippen LogP) is 7.64. The van der Waals surface area contributed by atoms with E-state index in [0.29, 0.717) is 0 Å². The molecule has 3 rings (SSSR count). The number of benzene rings is 3. The summed E-state index contributed by atoms with van der Waals surface area (Å²) in [6.45, 7) is 8.03. The molecule has 0 radical (unpaired) electrons. The summed E-state index contributed by atoms with van der Waals surface area (Å²) >= 11 is 1.79. The van der Waals surface area contributed by atoms with Gasteiger partial charge in [0.05, 0.1) is 19.9 Å². The van der Waals surface area contributed by atoms with Crippen molar-refractivity contribution >= 4 is 46.6 Å². The van der Waals surface area contributed by atoms with Gasteiger partial charge in [-0.25, -0.2) is 4.99 Å². The average Bonchev–Trinajstić information content (AvgIpc) is 2.85. The van der Waals surface area contributed by atoms with Crippen molar-refractivity contribution in [3.05, 3.63) is 89.0 Å². The number of nitrogens with zero attached hydrogens (tertiary/aromatic N) is 2. The first-order valence-electron chi connectivity index (χ1n) is 11.4. The topological polar surface area (TPSA) is 34.1 Å². The first kappa shape index (κ1) is 28.1. The smallest absolute Gasteiger partial charge is 0.165 e. The molecule has 0 bridgehead atoms. The summed E-state index contributed by atoms with van der Waals surface area (Å²) < 4.78 is 10.7. The number of para-hydroxylation sites is 1. The molecule has 34 heavy (non-hydrogen) atoms.